The van der Waals surface area contributed by atoms with Gasteiger partial charge in [0.1, 0.15) is 0 Å². The molecule has 1 fully saturated rings. The molecule has 0 aromatic heterocycles. The van der Waals surface area contributed by atoms with Gasteiger partial charge in [-0.15, -0.1) is 0 Å². The van der Waals surface area contributed by atoms with Crippen molar-refractivity contribution in [1.82, 2.24) is 0 Å². The Morgan fingerprint density at radius 1 is 0.917 bits per heavy atom. The van der Waals surface area contributed by atoms with E-state index in [2.05, 4.69) is 36.4 Å². The molecule has 0 spiro atoms. The van der Waals surface area contributed by atoms with Gasteiger partial charge in [0.2, 0.25) is 0 Å². The summed E-state index contributed by atoms with van der Waals surface area (Å²) in [6, 6.07) is 20.6. The van der Waals surface area contributed by atoms with Crippen LogP contribution in [0.4, 0.5) is 0 Å². The lowest BCUT2D eigenvalue weighted by Crippen LogP contribution is -2.17. The van der Waals surface area contributed by atoms with E-state index >= 15 is 0 Å². The minimum absolute atomic E-state index is 0.246. The molecule has 2 aromatic carbocycles. The Balaban J connectivity index is 0.000000221. The summed E-state index contributed by atoms with van der Waals surface area (Å²) in [6.07, 6.45) is 2.41. The lowest BCUT2D eigenvalue weighted by atomic mass is 9.97. The molecule has 3 rings (SSSR count). The van der Waals surface area contributed by atoms with Gasteiger partial charge >= 0.3 is 0 Å². The normalized spacial score (nSPS) is 13.8. The topological polar surface area (TPSA) is 44.5 Å². The second-order valence-corrected chi connectivity index (χ2v) is 5.58. The molecule has 0 bridgehead atoms. The molecule has 1 aliphatic rings. The van der Waals surface area contributed by atoms with Crippen molar-refractivity contribution in [3.8, 4) is 0 Å². The van der Waals surface area contributed by atoms with E-state index in [4.69, 9.17) is 15.5 Å². The van der Waals surface area contributed by atoms with Crippen molar-refractivity contribution in [3.05, 3.63) is 71.8 Å². The van der Waals surface area contributed by atoms with Crippen molar-refractivity contribution in [3.63, 3.8) is 0 Å². The third-order valence-corrected chi connectivity index (χ3v) is 3.92. The molecule has 2 aromatic rings. The molecule has 24 heavy (non-hydrogen) atoms. The van der Waals surface area contributed by atoms with Gasteiger partial charge in [-0.05, 0) is 30.9 Å². The average molecular weight is 329 g/mol. The SMILES string of the molecule is CC.CCOCc1ccccc1.NOCC1(c2ccccc2)CC1. The predicted octanol–water partition coefficient (Wildman–Crippen LogP) is 4.86. The summed E-state index contributed by atoms with van der Waals surface area (Å²) < 4.78 is 5.22. The van der Waals surface area contributed by atoms with Crippen molar-refractivity contribution < 1.29 is 9.57 Å². The zero-order chi connectivity index (χ0) is 17.7. The van der Waals surface area contributed by atoms with Gasteiger partial charge in [-0.3, -0.25) is 0 Å². The van der Waals surface area contributed by atoms with Crippen LogP contribution in [0.2, 0.25) is 0 Å². The third kappa shape index (κ3) is 6.83. The monoisotopic (exact) mass is 329 g/mol. The van der Waals surface area contributed by atoms with Gasteiger partial charge in [0.25, 0.3) is 0 Å². The van der Waals surface area contributed by atoms with Gasteiger partial charge in [-0.25, -0.2) is 5.90 Å². The Labute approximate surface area is 146 Å². The molecule has 0 atom stereocenters. The molecule has 0 aliphatic heterocycles. The minimum Gasteiger partial charge on any atom is -0.377 e. The van der Waals surface area contributed by atoms with E-state index in [0.717, 1.165) is 13.2 Å². The molecule has 1 saturated carbocycles. The van der Waals surface area contributed by atoms with Crippen LogP contribution in [0.5, 0.6) is 0 Å². The second-order valence-electron chi connectivity index (χ2n) is 5.58. The fraction of sp³-hybridized carbons (Fsp3) is 0.429. The van der Waals surface area contributed by atoms with Crippen LogP contribution in [-0.2, 0) is 21.6 Å². The molecule has 1 aliphatic carbocycles. The van der Waals surface area contributed by atoms with E-state index in [1.54, 1.807) is 0 Å². The lowest BCUT2D eigenvalue weighted by molar-refractivity contribution is 0.116. The van der Waals surface area contributed by atoms with E-state index in [0.29, 0.717) is 6.61 Å². The molecule has 0 unspecified atom stereocenters. The fourth-order valence-electron chi connectivity index (χ4n) is 2.41. The van der Waals surface area contributed by atoms with Crippen LogP contribution in [0.15, 0.2) is 60.7 Å². The van der Waals surface area contributed by atoms with Gasteiger partial charge in [-0.2, -0.15) is 0 Å². The summed E-state index contributed by atoms with van der Waals surface area (Å²) in [6.45, 7) is 8.17. The summed E-state index contributed by atoms with van der Waals surface area (Å²) in [5.41, 5.74) is 2.84. The Hall–Kier alpha value is -1.68. The molecule has 0 heterocycles. The molecule has 132 valence electrons. The van der Waals surface area contributed by atoms with E-state index in [1.807, 2.05) is 45.0 Å². The van der Waals surface area contributed by atoms with Crippen LogP contribution < -0.4 is 5.90 Å². The Kier molecular flexibility index (Phi) is 10.0. The molecule has 0 radical (unpaired) electrons. The standard InChI is InChI=1S/C10H13NO.C9H12O.C2H6/c11-12-8-10(6-7-10)9-4-2-1-3-5-9;1-2-10-8-9-6-4-3-5-7-9;1-2/h1-5H,6-8,11H2;3-7H,2,8H2,1H3;1-2H3. The van der Waals surface area contributed by atoms with Crippen LogP contribution in [-0.4, -0.2) is 13.2 Å². The van der Waals surface area contributed by atoms with E-state index in [9.17, 15) is 0 Å². The number of nitrogens with two attached hydrogens (primary N) is 1. The number of ether oxygens (including phenoxy) is 1. The second kappa shape index (κ2) is 11.8. The van der Waals surface area contributed by atoms with Crippen LogP contribution >= 0.6 is 0 Å². The van der Waals surface area contributed by atoms with Crippen molar-refractivity contribution in [2.24, 2.45) is 5.90 Å². The summed E-state index contributed by atoms with van der Waals surface area (Å²) in [5.74, 6) is 5.09. The lowest BCUT2D eigenvalue weighted by Gasteiger charge is -2.12. The van der Waals surface area contributed by atoms with E-state index in [-0.39, 0.29) is 5.41 Å². The first-order valence-corrected chi connectivity index (χ1v) is 8.79. The molecule has 3 heteroatoms. The largest absolute Gasteiger partial charge is 0.377 e. The Morgan fingerprint density at radius 2 is 1.46 bits per heavy atom. The van der Waals surface area contributed by atoms with Crippen LogP contribution in [0.3, 0.4) is 0 Å². The summed E-state index contributed by atoms with van der Waals surface area (Å²) >= 11 is 0. The highest BCUT2D eigenvalue weighted by Gasteiger charge is 2.44. The zero-order valence-electron chi connectivity index (χ0n) is 15.2. The van der Waals surface area contributed by atoms with E-state index in [1.165, 1.54) is 24.0 Å². The number of benzene rings is 2. The highest BCUT2D eigenvalue weighted by Crippen LogP contribution is 2.47. The fourth-order valence-corrected chi connectivity index (χ4v) is 2.41. The molecule has 3 nitrogen and oxygen atoms in total. The molecule has 0 amide bonds. The Morgan fingerprint density at radius 3 is 1.92 bits per heavy atom. The zero-order valence-corrected chi connectivity index (χ0v) is 15.2. The molecule has 2 N–H and O–H groups in total. The van der Waals surface area contributed by atoms with Gasteiger partial charge < -0.3 is 9.57 Å². The quantitative estimate of drug-likeness (QED) is 0.770. The highest BCUT2D eigenvalue weighted by molar-refractivity contribution is 5.31. The summed E-state index contributed by atoms with van der Waals surface area (Å²) in [4.78, 5) is 4.72. The first kappa shape index (κ1) is 20.4. The van der Waals surface area contributed by atoms with Gasteiger partial charge in [0.05, 0.1) is 13.2 Å². The number of hydrogen-bond donors (Lipinski definition) is 1. The van der Waals surface area contributed by atoms with Crippen molar-refractivity contribution in [2.75, 3.05) is 13.2 Å². The molecule has 0 saturated heterocycles. The first-order valence-electron chi connectivity index (χ1n) is 8.79. The van der Waals surface area contributed by atoms with Crippen molar-refractivity contribution in [2.45, 2.75) is 45.6 Å². The highest BCUT2D eigenvalue weighted by atomic mass is 16.6. The minimum atomic E-state index is 0.246. The molecular formula is C21H31NO2. The van der Waals surface area contributed by atoms with Crippen LogP contribution in [0.25, 0.3) is 0 Å². The first-order chi connectivity index (χ1) is 11.8. The third-order valence-electron chi connectivity index (χ3n) is 3.92. The van der Waals surface area contributed by atoms with Gasteiger partial charge in [-0.1, -0.05) is 74.5 Å². The maximum atomic E-state index is 5.22. The molecular weight excluding hydrogens is 298 g/mol. The predicted molar refractivity (Wildman–Crippen MR) is 101 cm³/mol. The van der Waals surface area contributed by atoms with E-state index < -0.39 is 0 Å². The van der Waals surface area contributed by atoms with Crippen molar-refractivity contribution in [1.29, 1.82) is 0 Å². The number of rotatable bonds is 6. The van der Waals surface area contributed by atoms with Crippen molar-refractivity contribution >= 4 is 0 Å². The summed E-state index contributed by atoms with van der Waals surface area (Å²) in [7, 11) is 0. The van der Waals surface area contributed by atoms with Crippen LogP contribution in [0, 0.1) is 0 Å². The Bertz CT molecular complexity index is 524. The van der Waals surface area contributed by atoms with Gasteiger partial charge in [0.15, 0.2) is 0 Å². The number of hydrogen-bond acceptors (Lipinski definition) is 3. The maximum absolute atomic E-state index is 5.22. The summed E-state index contributed by atoms with van der Waals surface area (Å²) in [5, 5.41) is 0. The average Bonchev–Trinajstić information content (AvgIpc) is 3.45. The maximum Gasteiger partial charge on any atom is 0.0775 e. The smallest absolute Gasteiger partial charge is 0.0775 e. The van der Waals surface area contributed by atoms with Crippen LogP contribution in [0.1, 0.15) is 44.7 Å². The van der Waals surface area contributed by atoms with Gasteiger partial charge in [0, 0.05) is 12.0 Å².